The van der Waals surface area contributed by atoms with E-state index in [4.69, 9.17) is 4.74 Å². The number of halogens is 1. The molecule has 0 saturated carbocycles. The molecule has 7 heteroatoms. The molecule has 0 unspecified atom stereocenters. The molecule has 3 aromatic rings. The second kappa shape index (κ2) is 7.19. The maximum Gasteiger partial charge on any atom is 0.254 e. The Hall–Kier alpha value is -3.22. The van der Waals surface area contributed by atoms with E-state index in [1.165, 1.54) is 12.4 Å². The zero-order chi connectivity index (χ0) is 18.8. The highest BCUT2D eigenvalue weighted by atomic mass is 19.1. The Balaban J connectivity index is 1.51. The number of rotatable bonds is 3. The van der Waals surface area contributed by atoms with E-state index < -0.39 is 0 Å². The number of fused-ring (bicyclic) bond motifs is 1. The number of piperazine rings is 1. The van der Waals surface area contributed by atoms with E-state index in [0.29, 0.717) is 54.2 Å². The minimum absolute atomic E-state index is 0.0212. The van der Waals surface area contributed by atoms with Gasteiger partial charge in [0.2, 0.25) is 0 Å². The largest absolute Gasteiger partial charge is 0.497 e. The van der Waals surface area contributed by atoms with Crippen molar-refractivity contribution in [1.82, 2.24) is 14.9 Å². The van der Waals surface area contributed by atoms with Crippen LogP contribution in [0.25, 0.3) is 10.9 Å². The van der Waals surface area contributed by atoms with E-state index in [2.05, 4.69) is 14.9 Å². The molecule has 1 aliphatic heterocycles. The maximum absolute atomic E-state index is 14.0. The number of amides is 1. The molecule has 1 amide bonds. The Labute approximate surface area is 156 Å². The molecule has 0 bridgehead atoms. The molecule has 4 rings (SSSR count). The summed E-state index contributed by atoms with van der Waals surface area (Å²) in [6.07, 6.45) is 1.38. The molecule has 0 radical (unpaired) electrons. The number of hydrogen-bond acceptors (Lipinski definition) is 5. The van der Waals surface area contributed by atoms with Crippen LogP contribution in [0.2, 0.25) is 0 Å². The van der Waals surface area contributed by atoms with Gasteiger partial charge in [-0.25, -0.2) is 14.4 Å². The number of hydrogen-bond donors (Lipinski definition) is 0. The van der Waals surface area contributed by atoms with Crippen molar-refractivity contribution < 1.29 is 13.9 Å². The highest BCUT2D eigenvalue weighted by molar-refractivity contribution is 5.95. The van der Waals surface area contributed by atoms with Crippen molar-refractivity contribution in [3.8, 4) is 5.75 Å². The first-order valence-corrected chi connectivity index (χ1v) is 8.75. The second-order valence-electron chi connectivity index (χ2n) is 6.34. The molecule has 0 atom stereocenters. The number of nitrogens with zero attached hydrogens (tertiary/aromatic N) is 4. The molecule has 1 aromatic heterocycles. The number of ether oxygens (including phenoxy) is 1. The topological polar surface area (TPSA) is 58.6 Å². The average molecular weight is 366 g/mol. The summed E-state index contributed by atoms with van der Waals surface area (Å²) in [6, 6.07) is 12.0. The molecule has 1 saturated heterocycles. The van der Waals surface area contributed by atoms with Crippen molar-refractivity contribution in [3.63, 3.8) is 0 Å². The van der Waals surface area contributed by atoms with Gasteiger partial charge >= 0.3 is 0 Å². The van der Waals surface area contributed by atoms with Gasteiger partial charge in [0.1, 0.15) is 29.2 Å². The van der Waals surface area contributed by atoms with Crippen LogP contribution in [-0.4, -0.2) is 54.1 Å². The SMILES string of the molecule is COc1cccc(C(=O)N2CCN(c3ncnc4c(F)cccc34)CC2)c1. The summed E-state index contributed by atoms with van der Waals surface area (Å²) in [5, 5.41) is 0.685. The summed E-state index contributed by atoms with van der Waals surface area (Å²) in [4.78, 5) is 25.0. The summed E-state index contributed by atoms with van der Waals surface area (Å²) >= 11 is 0. The number of anilines is 1. The summed E-state index contributed by atoms with van der Waals surface area (Å²) in [6.45, 7) is 2.38. The zero-order valence-corrected chi connectivity index (χ0v) is 14.9. The molecule has 6 nitrogen and oxygen atoms in total. The standard InChI is InChI=1S/C20H19FN4O2/c1-27-15-5-2-4-14(12-15)20(26)25-10-8-24(9-11-25)19-16-6-3-7-17(21)18(16)22-13-23-19/h2-7,12-13H,8-11H2,1H3. The Kier molecular flexibility index (Phi) is 4.58. The van der Waals surface area contributed by atoms with E-state index in [1.807, 2.05) is 23.1 Å². The third kappa shape index (κ3) is 3.28. The molecule has 0 spiro atoms. The fraction of sp³-hybridized carbons (Fsp3) is 0.250. The fourth-order valence-electron chi connectivity index (χ4n) is 3.35. The Bertz CT molecular complexity index is 987. The number of para-hydroxylation sites is 1. The molecule has 138 valence electrons. The van der Waals surface area contributed by atoms with Crippen LogP contribution in [0.4, 0.5) is 10.2 Å². The average Bonchev–Trinajstić information content (AvgIpc) is 2.73. The maximum atomic E-state index is 14.0. The van der Waals surface area contributed by atoms with Gasteiger partial charge in [0.05, 0.1) is 7.11 Å². The van der Waals surface area contributed by atoms with Crippen molar-refractivity contribution in [2.24, 2.45) is 0 Å². The first-order chi connectivity index (χ1) is 13.2. The number of methoxy groups -OCH3 is 1. The minimum Gasteiger partial charge on any atom is -0.497 e. The summed E-state index contributed by atoms with van der Waals surface area (Å²) in [7, 11) is 1.58. The minimum atomic E-state index is -0.358. The monoisotopic (exact) mass is 366 g/mol. The number of aromatic nitrogens is 2. The third-order valence-electron chi connectivity index (χ3n) is 4.78. The van der Waals surface area contributed by atoms with Crippen molar-refractivity contribution in [1.29, 1.82) is 0 Å². The van der Waals surface area contributed by atoms with Crippen molar-refractivity contribution >= 4 is 22.6 Å². The number of carbonyl (C=O) groups is 1. The van der Waals surface area contributed by atoms with Crippen molar-refractivity contribution in [2.45, 2.75) is 0 Å². The quantitative estimate of drug-likeness (QED) is 0.713. The highest BCUT2D eigenvalue weighted by Crippen LogP contribution is 2.25. The van der Waals surface area contributed by atoms with E-state index in [9.17, 15) is 9.18 Å². The van der Waals surface area contributed by atoms with E-state index >= 15 is 0 Å². The second-order valence-corrected chi connectivity index (χ2v) is 6.34. The number of carbonyl (C=O) groups excluding carboxylic acids is 1. The molecule has 27 heavy (non-hydrogen) atoms. The lowest BCUT2D eigenvalue weighted by Gasteiger charge is -2.35. The van der Waals surface area contributed by atoms with Gasteiger partial charge in [0.15, 0.2) is 0 Å². The van der Waals surface area contributed by atoms with Gasteiger partial charge in [-0.15, -0.1) is 0 Å². The smallest absolute Gasteiger partial charge is 0.254 e. The van der Waals surface area contributed by atoms with Gasteiger partial charge in [-0.1, -0.05) is 12.1 Å². The lowest BCUT2D eigenvalue weighted by atomic mass is 10.1. The first-order valence-electron chi connectivity index (χ1n) is 8.75. The van der Waals surface area contributed by atoms with Crippen LogP contribution in [0.1, 0.15) is 10.4 Å². The van der Waals surface area contributed by atoms with Crippen LogP contribution in [0, 0.1) is 5.82 Å². The molecular formula is C20H19FN4O2. The number of benzene rings is 2. The molecule has 2 heterocycles. The van der Waals surface area contributed by atoms with Gasteiger partial charge in [-0.2, -0.15) is 0 Å². The lowest BCUT2D eigenvalue weighted by molar-refractivity contribution is 0.0746. The predicted molar refractivity (Wildman–Crippen MR) is 101 cm³/mol. The zero-order valence-electron chi connectivity index (χ0n) is 14.9. The van der Waals surface area contributed by atoms with Gasteiger partial charge in [0.25, 0.3) is 5.91 Å². The third-order valence-corrected chi connectivity index (χ3v) is 4.78. The van der Waals surface area contributed by atoms with Crippen LogP contribution in [0.3, 0.4) is 0 Å². The first kappa shape index (κ1) is 17.2. The van der Waals surface area contributed by atoms with E-state index in [-0.39, 0.29) is 11.7 Å². The van der Waals surface area contributed by atoms with Crippen LogP contribution < -0.4 is 9.64 Å². The lowest BCUT2D eigenvalue weighted by Crippen LogP contribution is -2.49. The van der Waals surface area contributed by atoms with Gasteiger partial charge in [-0.05, 0) is 30.3 Å². The Morgan fingerprint density at radius 2 is 1.85 bits per heavy atom. The van der Waals surface area contributed by atoms with Crippen LogP contribution in [0.15, 0.2) is 48.8 Å². The van der Waals surface area contributed by atoms with E-state index in [0.717, 1.165) is 0 Å². The van der Waals surface area contributed by atoms with Crippen LogP contribution in [-0.2, 0) is 0 Å². The molecular weight excluding hydrogens is 347 g/mol. The summed E-state index contributed by atoms with van der Waals surface area (Å²) < 4.78 is 19.2. The Morgan fingerprint density at radius 1 is 1.07 bits per heavy atom. The summed E-state index contributed by atoms with van der Waals surface area (Å²) in [5.74, 6) is 0.983. The van der Waals surface area contributed by atoms with Gasteiger partial charge in [0, 0.05) is 37.1 Å². The van der Waals surface area contributed by atoms with Crippen LogP contribution >= 0.6 is 0 Å². The predicted octanol–water partition coefficient (Wildman–Crippen LogP) is 2.74. The molecule has 2 aromatic carbocycles. The normalized spacial score (nSPS) is 14.4. The molecule has 1 aliphatic rings. The van der Waals surface area contributed by atoms with Gasteiger partial charge in [-0.3, -0.25) is 4.79 Å². The van der Waals surface area contributed by atoms with Crippen molar-refractivity contribution in [3.05, 3.63) is 60.2 Å². The molecule has 0 aliphatic carbocycles. The molecule has 1 fully saturated rings. The summed E-state index contributed by atoms with van der Waals surface area (Å²) in [5.41, 5.74) is 0.926. The van der Waals surface area contributed by atoms with E-state index in [1.54, 1.807) is 25.3 Å². The molecule has 0 N–H and O–H groups in total. The van der Waals surface area contributed by atoms with Crippen molar-refractivity contribution in [2.75, 3.05) is 38.2 Å². The Morgan fingerprint density at radius 3 is 2.63 bits per heavy atom. The fourth-order valence-corrected chi connectivity index (χ4v) is 3.35. The van der Waals surface area contributed by atoms with Gasteiger partial charge < -0.3 is 14.5 Å². The highest BCUT2D eigenvalue weighted by Gasteiger charge is 2.24. The van der Waals surface area contributed by atoms with Crippen LogP contribution in [0.5, 0.6) is 5.75 Å².